The van der Waals surface area contributed by atoms with Crippen molar-refractivity contribution in [2.45, 2.75) is 23.7 Å². The van der Waals surface area contributed by atoms with Gasteiger partial charge in [0.05, 0.1) is 4.90 Å². The highest BCUT2D eigenvalue weighted by molar-refractivity contribution is 7.89. The van der Waals surface area contributed by atoms with Gasteiger partial charge in [0.2, 0.25) is 10.0 Å². The van der Waals surface area contributed by atoms with Gasteiger partial charge in [0, 0.05) is 36.7 Å². The van der Waals surface area contributed by atoms with Crippen molar-refractivity contribution in [1.29, 1.82) is 0 Å². The summed E-state index contributed by atoms with van der Waals surface area (Å²) in [6.07, 6.45) is -5.65. The Labute approximate surface area is 192 Å². The number of ether oxygens (including phenoxy) is 1. The molecule has 0 radical (unpaired) electrons. The second-order valence-electron chi connectivity index (χ2n) is 8.42. The number of nitrogens with zero attached hydrogens (tertiary/aromatic N) is 2. The summed E-state index contributed by atoms with van der Waals surface area (Å²) < 4.78 is 63.6. The van der Waals surface area contributed by atoms with Crippen LogP contribution in [0, 0.1) is 5.41 Å². The van der Waals surface area contributed by atoms with Crippen LogP contribution in [0.1, 0.15) is 15.9 Å². The molecule has 3 N–H and O–H groups in total. The normalized spacial score (nSPS) is 19.4. The Morgan fingerprint density at radius 3 is 2.15 bits per heavy atom. The van der Waals surface area contributed by atoms with Gasteiger partial charge in [0.1, 0.15) is 5.75 Å². The summed E-state index contributed by atoms with van der Waals surface area (Å²) in [5, 5.41) is 14.6. The molecule has 2 amide bonds. The first-order valence-corrected chi connectivity index (χ1v) is 11.6. The van der Waals surface area contributed by atoms with E-state index in [0.717, 1.165) is 0 Å². The Bertz CT molecular complexity index is 1210. The maximum atomic E-state index is 12.8. The molecule has 1 unspecified atom stereocenters. The number of hydrogen-bond acceptors (Lipinski definition) is 5. The number of benzene rings is 2. The topological polar surface area (TPSA) is 130 Å². The zero-order valence-electron chi connectivity index (χ0n) is 17.5. The lowest BCUT2D eigenvalue weighted by molar-refractivity contribution is -0.274. The summed E-state index contributed by atoms with van der Waals surface area (Å²) in [4.78, 5) is 27.0. The Balaban J connectivity index is 1.43. The van der Waals surface area contributed by atoms with E-state index in [9.17, 15) is 36.3 Å². The van der Waals surface area contributed by atoms with Crippen molar-refractivity contribution in [3.8, 4) is 5.75 Å². The number of primary sulfonamides is 1. The molecule has 1 spiro atoms. The molecule has 2 aromatic rings. The highest BCUT2D eigenvalue weighted by Gasteiger charge is 2.61. The number of carbonyl (C=O) groups excluding carboxylic acids is 1. The molecule has 4 rings (SSSR count). The van der Waals surface area contributed by atoms with E-state index in [1.54, 1.807) is 4.90 Å². The molecule has 182 valence electrons. The summed E-state index contributed by atoms with van der Waals surface area (Å²) in [7, 11) is -3.88. The van der Waals surface area contributed by atoms with Crippen LogP contribution in [0.25, 0.3) is 0 Å². The smallest absolute Gasteiger partial charge is 0.465 e. The van der Waals surface area contributed by atoms with Crippen LogP contribution in [0.5, 0.6) is 5.75 Å². The predicted octanol–water partition coefficient (Wildman–Crippen LogP) is 2.28. The molecule has 0 aromatic heterocycles. The number of sulfonamides is 1. The third-order valence-electron chi connectivity index (χ3n) is 6.13. The first-order valence-electron chi connectivity index (χ1n) is 10.0. The Morgan fingerprint density at radius 2 is 1.65 bits per heavy atom. The van der Waals surface area contributed by atoms with Crippen molar-refractivity contribution in [1.82, 2.24) is 9.80 Å². The second kappa shape index (κ2) is 8.17. The van der Waals surface area contributed by atoms with Crippen LogP contribution in [-0.4, -0.2) is 67.4 Å². The summed E-state index contributed by atoms with van der Waals surface area (Å²) in [5.41, 5.74) is 0.442. The van der Waals surface area contributed by atoms with E-state index in [2.05, 4.69) is 4.74 Å². The number of alkyl halides is 3. The third-order valence-corrected chi connectivity index (χ3v) is 7.06. The summed E-state index contributed by atoms with van der Waals surface area (Å²) in [5.74, 6) is -0.698. The van der Waals surface area contributed by atoms with Crippen molar-refractivity contribution in [2.24, 2.45) is 10.6 Å². The summed E-state index contributed by atoms with van der Waals surface area (Å²) in [6, 6.07) is 9.98. The molecular formula is C21H20F3N3O6S. The molecule has 0 bridgehead atoms. The molecule has 0 saturated carbocycles. The number of carboxylic acid groups (broad SMARTS) is 1. The van der Waals surface area contributed by atoms with E-state index in [-0.39, 0.29) is 35.1 Å². The minimum Gasteiger partial charge on any atom is -0.465 e. The predicted molar refractivity (Wildman–Crippen MR) is 111 cm³/mol. The van der Waals surface area contributed by atoms with Crippen LogP contribution >= 0.6 is 0 Å². The lowest BCUT2D eigenvalue weighted by atomic mass is 9.64. The first-order chi connectivity index (χ1) is 15.8. The molecule has 9 nitrogen and oxygen atoms in total. The Hall–Kier alpha value is -3.32. The standard InChI is InChI=1S/C21H20F3N3O6S/c22-21(23,24)33-15-5-1-13(2-6-15)9-17-20(12-27(17)19(29)30)10-26(11-20)18(28)14-3-7-16(8-4-14)34(25,31)32/h1-8,17H,9-12H2,(H,29,30)(H2,25,31,32). The van der Waals surface area contributed by atoms with Crippen molar-refractivity contribution >= 4 is 22.0 Å². The van der Waals surface area contributed by atoms with E-state index < -0.39 is 33.9 Å². The number of nitrogens with two attached hydrogens (primary N) is 1. The largest absolute Gasteiger partial charge is 0.573 e. The number of carbonyl (C=O) groups is 2. The molecule has 1 atom stereocenters. The molecule has 2 aromatic carbocycles. The van der Waals surface area contributed by atoms with E-state index in [4.69, 9.17) is 5.14 Å². The molecule has 2 saturated heterocycles. The highest BCUT2D eigenvalue weighted by Crippen LogP contribution is 2.47. The molecule has 0 aliphatic carbocycles. The van der Waals surface area contributed by atoms with Crippen molar-refractivity contribution in [3.05, 3.63) is 59.7 Å². The average Bonchev–Trinajstić information content (AvgIpc) is 2.69. The monoisotopic (exact) mass is 499 g/mol. The fraction of sp³-hybridized carbons (Fsp3) is 0.333. The van der Waals surface area contributed by atoms with Gasteiger partial charge in [0.25, 0.3) is 5.91 Å². The quantitative estimate of drug-likeness (QED) is 0.649. The maximum absolute atomic E-state index is 12.8. The molecule has 2 aliphatic rings. The van der Waals surface area contributed by atoms with Gasteiger partial charge in [0.15, 0.2) is 0 Å². The number of amides is 2. The van der Waals surface area contributed by atoms with Crippen LogP contribution in [-0.2, 0) is 16.4 Å². The Kier molecular flexibility index (Phi) is 5.72. The molecule has 2 aliphatic heterocycles. The zero-order chi connectivity index (χ0) is 24.9. The van der Waals surface area contributed by atoms with Gasteiger partial charge >= 0.3 is 12.5 Å². The number of hydrogen-bond donors (Lipinski definition) is 2. The third kappa shape index (κ3) is 4.66. The van der Waals surface area contributed by atoms with E-state index in [1.807, 2.05) is 0 Å². The number of likely N-dealkylation sites (tertiary alicyclic amines) is 2. The van der Waals surface area contributed by atoms with Gasteiger partial charge in [-0.15, -0.1) is 13.2 Å². The minimum atomic E-state index is -4.81. The van der Waals surface area contributed by atoms with Crippen LogP contribution < -0.4 is 9.88 Å². The summed E-state index contributed by atoms with van der Waals surface area (Å²) in [6.45, 7) is 0.829. The minimum absolute atomic E-state index is 0.119. The van der Waals surface area contributed by atoms with E-state index >= 15 is 0 Å². The van der Waals surface area contributed by atoms with E-state index in [0.29, 0.717) is 18.7 Å². The van der Waals surface area contributed by atoms with Crippen LogP contribution in [0.4, 0.5) is 18.0 Å². The molecule has 13 heteroatoms. The second-order valence-corrected chi connectivity index (χ2v) is 9.98. The fourth-order valence-electron chi connectivity index (χ4n) is 4.49. The number of halogens is 3. The van der Waals surface area contributed by atoms with Gasteiger partial charge in [-0.05, 0) is 48.4 Å². The van der Waals surface area contributed by atoms with Crippen molar-refractivity contribution < 1.29 is 41.0 Å². The molecular weight excluding hydrogens is 479 g/mol. The average molecular weight is 499 g/mol. The lowest BCUT2D eigenvalue weighted by Crippen LogP contribution is -2.79. The molecule has 2 heterocycles. The van der Waals surface area contributed by atoms with Crippen LogP contribution in [0.2, 0.25) is 0 Å². The maximum Gasteiger partial charge on any atom is 0.573 e. The molecule has 34 heavy (non-hydrogen) atoms. The van der Waals surface area contributed by atoms with Crippen LogP contribution in [0.3, 0.4) is 0 Å². The van der Waals surface area contributed by atoms with Gasteiger partial charge in [-0.25, -0.2) is 18.4 Å². The number of rotatable bonds is 5. The Morgan fingerprint density at radius 1 is 1.06 bits per heavy atom. The zero-order valence-corrected chi connectivity index (χ0v) is 18.3. The van der Waals surface area contributed by atoms with Gasteiger partial charge in [-0.2, -0.15) is 0 Å². The van der Waals surface area contributed by atoms with E-state index in [1.165, 1.54) is 53.4 Å². The van der Waals surface area contributed by atoms with Crippen molar-refractivity contribution in [3.63, 3.8) is 0 Å². The van der Waals surface area contributed by atoms with Gasteiger partial charge < -0.3 is 19.6 Å². The summed E-state index contributed by atoms with van der Waals surface area (Å²) >= 11 is 0. The SMILES string of the molecule is NS(=O)(=O)c1ccc(C(=O)N2CC3(C2)CN(C(=O)O)C3Cc2ccc(OC(F)(F)F)cc2)cc1. The molecule has 2 fully saturated rings. The lowest BCUT2D eigenvalue weighted by Gasteiger charge is -2.64. The van der Waals surface area contributed by atoms with Gasteiger partial charge in [-0.1, -0.05) is 12.1 Å². The first kappa shape index (κ1) is 23.8. The van der Waals surface area contributed by atoms with Crippen LogP contribution in [0.15, 0.2) is 53.4 Å². The fourth-order valence-corrected chi connectivity index (χ4v) is 5.00. The van der Waals surface area contributed by atoms with Crippen molar-refractivity contribution in [2.75, 3.05) is 19.6 Å². The highest BCUT2D eigenvalue weighted by atomic mass is 32.2. The van der Waals surface area contributed by atoms with Gasteiger partial charge in [-0.3, -0.25) is 4.79 Å².